The lowest BCUT2D eigenvalue weighted by Gasteiger charge is -2.03. The Bertz CT molecular complexity index is 492. The van der Waals surface area contributed by atoms with E-state index in [1.807, 2.05) is 31.2 Å². The van der Waals surface area contributed by atoms with Gasteiger partial charge in [0, 0.05) is 19.0 Å². The second-order valence-electron chi connectivity index (χ2n) is 3.85. The first-order valence-corrected chi connectivity index (χ1v) is 5.49. The van der Waals surface area contributed by atoms with Gasteiger partial charge in [0.25, 0.3) is 0 Å². The number of furan rings is 1. The van der Waals surface area contributed by atoms with Gasteiger partial charge in [-0.05, 0) is 36.8 Å². The summed E-state index contributed by atoms with van der Waals surface area (Å²) in [5.41, 5.74) is 1.07. The van der Waals surface area contributed by atoms with Crippen LogP contribution < -0.4 is 5.32 Å². The van der Waals surface area contributed by atoms with Gasteiger partial charge >= 0.3 is 0 Å². The Kier molecular flexibility index (Phi) is 3.55. The molecule has 0 atom stereocenters. The maximum atomic E-state index is 11.6. The molecule has 1 N–H and O–H groups in total. The third-order valence-corrected chi connectivity index (χ3v) is 2.36. The second-order valence-corrected chi connectivity index (χ2v) is 3.85. The van der Waals surface area contributed by atoms with Gasteiger partial charge in [-0.25, -0.2) is 4.98 Å². The van der Waals surface area contributed by atoms with Gasteiger partial charge in [0.15, 0.2) is 0 Å². The number of nitrogens with one attached hydrogen (secondary N) is 1. The maximum Gasteiger partial charge on any atom is 0.225 e. The summed E-state index contributed by atoms with van der Waals surface area (Å²) in [6, 6.07) is 7.40. The zero-order valence-corrected chi connectivity index (χ0v) is 9.64. The number of hydrogen-bond acceptors (Lipinski definition) is 3. The Hall–Kier alpha value is -2.10. The van der Waals surface area contributed by atoms with Crippen molar-refractivity contribution in [3.8, 4) is 0 Å². The Morgan fingerprint density at radius 2 is 2.35 bits per heavy atom. The molecule has 0 saturated heterocycles. The highest BCUT2D eigenvalue weighted by Gasteiger charge is 2.05. The molecule has 17 heavy (non-hydrogen) atoms. The summed E-state index contributed by atoms with van der Waals surface area (Å²) >= 11 is 0. The molecule has 4 heteroatoms. The number of carbonyl (C=O) groups is 1. The van der Waals surface area contributed by atoms with Crippen molar-refractivity contribution in [2.75, 3.05) is 5.32 Å². The average molecular weight is 230 g/mol. The first-order valence-electron chi connectivity index (χ1n) is 5.49. The number of amides is 1. The predicted molar refractivity (Wildman–Crippen MR) is 64.6 cm³/mol. The largest absolute Gasteiger partial charge is 0.469 e. The van der Waals surface area contributed by atoms with Crippen LogP contribution >= 0.6 is 0 Å². The standard InChI is InChI=1S/C13H14N2O2/c1-10-6-7-14-12(9-10)15-13(16)5-4-11-3-2-8-17-11/h2-3,6-9H,4-5H2,1H3,(H,14,15,16). The van der Waals surface area contributed by atoms with Gasteiger partial charge in [-0.15, -0.1) is 0 Å². The number of rotatable bonds is 4. The van der Waals surface area contributed by atoms with E-state index in [1.165, 1.54) is 0 Å². The molecular formula is C13H14N2O2. The zero-order valence-electron chi connectivity index (χ0n) is 9.64. The summed E-state index contributed by atoms with van der Waals surface area (Å²) in [4.78, 5) is 15.7. The van der Waals surface area contributed by atoms with Crippen molar-refractivity contribution >= 4 is 11.7 Å². The van der Waals surface area contributed by atoms with E-state index in [0.717, 1.165) is 11.3 Å². The minimum absolute atomic E-state index is 0.0560. The van der Waals surface area contributed by atoms with Gasteiger partial charge in [0.1, 0.15) is 11.6 Å². The van der Waals surface area contributed by atoms with Crippen molar-refractivity contribution < 1.29 is 9.21 Å². The molecule has 2 aromatic heterocycles. The number of hydrogen-bond donors (Lipinski definition) is 1. The van der Waals surface area contributed by atoms with Crippen LogP contribution in [-0.4, -0.2) is 10.9 Å². The van der Waals surface area contributed by atoms with Crippen LogP contribution in [0.2, 0.25) is 0 Å². The third kappa shape index (κ3) is 3.45. The van der Waals surface area contributed by atoms with Crippen LogP contribution in [0.15, 0.2) is 41.1 Å². The normalized spacial score (nSPS) is 10.2. The smallest absolute Gasteiger partial charge is 0.225 e. The fourth-order valence-electron chi connectivity index (χ4n) is 1.50. The molecule has 2 rings (SSSR count). The summed E-state index contributed by atoms with van der Waals surface area (Å²) < 4.78 is 5.16. The molecule has 0 aliphatic heterocycles. The van der Waals surface area contributed by atoms with Gasteiger partial charge in [-0.2, -0.15) is 0 Å². The number of carbonyl (C=O) groups excluding carboxylic acids is 1. The number of aryl methyl sites for hydroxylation is 2. The van der Waals surface area contributed by atoms with Crippen LogP contribution in [0.25, 0.3) is 0 Å². The lowest BCUT2D eigenvalue weighted by Crippen LogP contribution is -2.13. The van der Waals surface area contributed by atoms with Crippen molar-refractivity contribution in [1.82, 2.24) is 4.98 Å². The molecule has 1 amide bonds. The highest BCUT2D eigenvalue weighted by Crippen LogP contribution is 2.08. The van der Waals surface area contributed by atoms with E-state index in [-0.39, 0.29) is 5.91 Å². The summed E-state index contributed by atoms with van der Waals surface area (Å²) in [6.07, 6.45) is 4.28. The fraction of sp³-hybridized carbons (Fsp3) is 0.231. The van der Waals surface area contributed by atoms with Crippen LogP contribution in [0.1, 0.15) is 17.7 Å². The molecule has 0 aliphatic carbocycles. The van der Waals surface area contributed by atoms with Gasteiger partial charge in [-0.3, -0.25) is 4.79 Å². The van der Waals surface area contributed by atoms with E-state index in [0.29, 0.717) is 18.7 Å². The fourth-order valence-corrected chi connectivity index (χ4v) is 1.50. The van der Waals surface area contributed by atoms with E-state index in [1.54, 1.807) is 12.5 Å². The number of pyridine rings is 1. The van der Waals surface area contributed by atoms with Crippen molar-refractivity contribution in [2.45, 2.75) is 19.8 Å². The Morgan fingerprint density at radius 3 is 3.06 bits per heavy atom. The van der Waals surface area contributed by atoms with Gasteiger partial charge in [0.2, 0.25) is 5.91 Å². The lowest BCUT2D eigenvalue weighted by atomic mass is 10.2. The number of aromatic nitrogens is 1. The molecule has 0 radical (unpaired) electrons. The monoisotopic (exact) mass is 230 g/mol. The van der Waals surface area contributed by atoms with Crippen LogP contribution in [0.4, 0.5) is 5.82 Å². The molecule has 2 heterocycles. The minimum Gasteiger partial charge on any atom is -0.469 e. The van der Waals surface area contributed by atoms with Crippen LogP contribution in [0, 0.1) is 6.92 Å². The topological polar surface area (TPSA) is 55.1 Å². The molecule has 0 spiro atoms. The predicted octanol–water partition coefficient (Wildman–Crippen LogP) is 2.55. The Labute approximate surface area is 99.7 Å². The lowest BCUT2D eigenvalue weighted by molar-refractivity contribution is -0.116. The zero-order chi connectivity index (χ0) is 12.1. The van der Waals surface area contributed by atoms with E-state index in [4.69, 9.17) is 4.42 Å². The molecule has 0 bridgehead atoms. The molecular weight excluding hydrogens is 216 g/mol. The van der Waals surface area contributed by atoms with Crippen molar-refractivity contribution in [2.24, 2.45) is 0 Å². The number of nitrogens with zero attached hydrogens (tertiary/aromatic N) is 1. The van der Waals surface area contributed by atoms with Crippen LogP contribution in [0.5, 0.6) is 0 Å². The highest BCUT2D eigenvalue weighted by atomic mass is 16.3. The van der Waals surface area contributed by atoms with Crippen molar-refractivity contribution in [3.05, 3.63) is 48.0 Å². The average Bonchev–Trinajstić information content (AvgIpc) is 2.79. The maximum absolute atomic E-state index is 11.6. The Morgan fingerprint density at radius 1 is 1.47 bits per heavy atom. The summed E-state index contributed by atoms with van der Waals surface area (Å²) in [5, 5.41) is 2.75. The second kappa shape index (κ2) is 5.30. The summed E-state index contributed by atoms with van der Waals surface area (Å²) in [6.45, 7) is 1.96. The van der Waals surface area contributed by atoms with Crippen LogP contribution in [0.3, 0.4) is 0 Å². The van der Waals surface area contributed by atoms with E-state index >= 15 is 0 Å². The van der Waals surface area contributed by atoms with Crippen LogP contribution in [-0.2, 0) is 11.2 Å². The molecule has 0 saturated carbocycles. The number of anilines is 1. The van der Waals surface area contributed by atoms with E-state index in [9.17, 15) is 4.79 Å². The first-order chi connectivity index (χ1) is 8.24. The Balaban J connectivity index is 1.85. The van der Waals surface area contributed by atoms with E-state index in [2.05, 4.69) is 10.3 Å². The van der Waals surface area contributed by atoms with Crippen molar-refractivity contribution in [3.63, 3.8) is 0 Å². The summed E-state index contributed by atoms with van der Waals surface area (Å²) in [5.74, 6) is 1.35. The SMILES string of the molecule is Cc1ccnc(NC(=O)CCc2ccco2)c1. The van der Waals surface area contributed by atoms with Gasteiger partial charge in [-0.1, -0.05) is 0 Å². The first kappa shape index (κ1) is 11.4. The molecule has 0 aromatic carbocycles. The molecule has 0 fully saturated rings. The minimum atomic E-state index is -0.0560. The molecule has 2 aromatic rings. The van der Waals surface area contributed by atoms with Gasteiger partial charge in [0.05, 0.1) is 6.26 Å². The summed E-state index contributed by atoms with van der Waals surface area (Å²) in [7, 11) is 0. The van der Waals surface area contributed by atoms with Gasteiger partial charge < -0.3 is 9.73 Å². The molecule has 0 aliphatic rings. The molecule has 0 unspecified atom stereocenters. The van der Waals surface area contributed by atoms with Crippen molar-refractivity contribution in [1.29, 1.82) is 0 Å². The quantitative estimate of drug-likeness (QED) is 0.878. The molecule has 4 nitrogen and oxygen atoms in total. The molecule has 88 valence electrons. The van der Waals surface area contributed by atoms with E-state index < -0.39 is 0 Å². The third-order valence-electron chi connectivity index (χ3n) is 2.36. The highest BCUT2D eigenvalue weighted by molar-refractivity contribution is 5.89.